The average molecular weight is 135 g/mol. The Labute approximate surface area is 62.2 Å². The Balaban J connectivity index is 2.97. The Morgan fingerprint density at radius 1 is 1.30 bits per heavy atom. The van der Waals surface area contributed by atoms with Gasteiger partial charge in [0.15, 0.2) is 0 Å². The van der Waals surface area contributed by atoms with Crippen LogP contribution in [-0.4, -0.2) is 11.8 Å². The normalized spacial score (nSPS) is 22.1. The molecule has 1 heterocycles. The van der Waals surface area contributed by atoms with E-state index < -0.39 is 0 Å². The topological polar surface area (TPSA) is 12.4 Å². The summed E-state index contributed by atoms with van der Waals surface area (Å²) in [6, 6.07) is 0. The van der Waals surface area contributed by atoms with Crippen molar-refractivity contribution in [2.45, 2.75) is 26.3 Å². The van der Waals surface area contributed by atoms with E-state index in [1.54, 1.807) is 0 Å². The van der Waals surface area contributed by atoms with Gasteiger partial charge in [0.1, 0.15) is 0 Å². The minimum absolute atomic E-state index is 0.0104. The molecular weight excluding hydrogens is 122 g/mol. The van der Waals surface area contributed by atoms with Crippen LogP contribution in [0.1, 0.15) is 20.8 Å². The summed E-state index contributed by atoms with van der Waals surface area (Å²) in [7, 11) is 0. The van der Waals surface area contributed by atoms with Crippen LogP contribution in [-0.2, 0) is 0 Å². The number of hydrogen-bond acceptors (Lipinski definition) is 1. The molecule has 0 spiro atoms. The largest absolute Gasteiger partial charge is 0.283 e. The zero-order valence-corrected chi connectivity index (χ0v) is 6.76. The van der Waals surface area contributed by atoms with Crippen LogP contribution in [0.5, 0.6) is 0 Å². The lowest BCUT2D eigenvalue weighted by atomic mass is 9.96. The highest BCUT2D eigenvalue weighted by Gasteiger charge is 2.16. The van der Waals surface area contributed by atoms with Gasteiger partial charge in [-0.25, -0.2) is 0 Å². The zero-order chi connectivity index (χ0) is 7.61. The number of allylic oxidation sites excluding steroid dienone is 3. The first-order valence-corrected chi connectivity index (χ1v) is 3.52. The van der Waals surface area contributed by atoms with Gasteiger partial charge >= 0.3 is 0 Å². The van der Waals surface area contributed by atoms with Gasteiger partial charge < -0.3 is 0 Å². The van der Waals surface area contributed by atoms with Gasteiger partial charge in [-0.3, -0.25) is 4.99 Å². The van der Waals surface area contributed by atoms with Crippen LogP contribution in [0.25, 0.3) is 0 Å². The van der Waals surface area contributed by atoms with Gasteiger partial charge in [-0.15, -0.1) is 0 Å². The minimum Gasteiger partial charge on any atom is -0.283 e. The van der Waals surface area contributed by atoms with Crippen LogP contribution in [0.2, 0.25) is 0 Å². The van der Waals surface area contributed by atoms with E-state index in [4.69, 9.17) is 0 Å². The number of rotatable bonds is 0. The molecule has 0 aliphatic carbocycles. The zero-order valence-electron chi connectivity index (χ0n) is 6.76. The second kappa shape index (κ2) is 2.41. The van der Waals surface area contributed by atoms with Crippen molar-refractivity contribution in [3.05, 3.63) is 23.8 Å². The summed E-state index contributed by atoms with van der Waals surface area (Å²) in [6.45, 7) is 6.33. The second-order valence-electron chi connectivity index (χ2n) is 3.07. The summed E-state index contributed by atoms with van der Waals surface area (Å²) < 4.78 is 0. The van der Waals surface area contributed by atoms with Crippen molar-refractivity contribution in [3.8, 4) is 0 Å². The lowest BCUT2D eigenvalue weighted by Gasteiger charge is -2.18. The smallest absolute Gasteiger partial charge is 0.0760 e. The number of aliphatic imine (C=N–C) groups is 1. The van der Waals surface area contributed by atoms with Gasteiger partial charge in [-0.1, -0.05) is 12.2 Å². The van der Waals surface area contributed by atoms with Crippen molar-refractivity contribution in [2.75, 3.05) is 0 Å². The Kier molecular flexibility index (Phi) is 1.75. The van der Waals surface area contributed by atoms with Gasteiger partial charge in [-0.2, -0.15) is 0 Å². The quantitative estimate of drug-likeness (QED) is 0.483. The Morgan fingerprint density at radius 3 is 2.70 bits per heavy atom. The molecule has 0 saturated carbocycles. The van der Waals surface area contributed by atoms with Crippen molar-refractivity contribution >= 4 is 6.21 Å². The predicted octanol–water partition coefficient (Wildman–Crippen LogP) is 2.35. The molecule has 0 atom stereocenters. The fourth-order valence-corrected chi connectivity index (χ4v) is 0.785. The van der Waals surface area contributed by atoms with E-state index in [9.17, 15) is 0 Å². The van der Waals surface area contributed by atoms with Crippen LogP contribution in [0.3, 0.4) is 0 Å². The maximum atomic E-state index is 4.36. The lowest BCUT2D eigenvalue weighted by Crippen LogP contribution is -2.17. The molecule has 0 amide bonds. The molecule has 0 saturated heterocycles. The molecule has 0 radical (unpaired) electrons. The summed E-state index contributed by atoms with van der Waals surface area (Å²) in [5.74, 6) is 0. The first-order valence-electron chi connectivity index (χ1n) is 3.52. The van der Waals surface area contributed by atoms with Crippen LogP contribution < -0.4 is 0 Å². The highest BCUT2D eigenvalue weighted by Crippen LogP contribution is 2.20. The van der Waals surface area contributed by atoms with E-state index >= 15 is 0 Å². The molecule has 0 aromatic rings. The summed E-state index contributed by atoms with van der Waals surface area (Å²) in [4.78, 5) is 4.36. The average Bonchev–Trinajstić information content (AvgIpc) is 1.96. The van der Waals surface area contributed by atoms with E-state index in [1.165, 1.54) is 5.57 Å². The molecule has 54 valence electrons. The van der Waals surface area contributed by atoms with E-state index in [1.807, 2.05) is 18.4 Å². The standard InChI is InChI=1S/C9H13N/c1-8-6-4-5-7-10-9(8,2)3/h4-7H,1-3H3. The van der Waals surface area contributed by atoms with Crippen molar-refractivity contribution < 1.29 is 0 Å². The first-order chi connectivity index (χ1) is 4.63. The predicted molar refractivity (Wildman–Crippen MR) is 45.5 cm³/mol. The summed E-state index contributed by atoms with van der Waals surface area (Å²) in [5, 5.41) is 0. The summed E-state index contributed by atoms with van der Waals surface area (Å²) >= 11 is 0. The van der Waals surface area contributed by atoms with Gasteiger partial charge in [0.2, 0.25) is 0 Å². The van der Waals surface area contributed by atoms with Gasteiger partial charge in [-0.05, 0) is 32.4 Å². The third kappa shape index (κ3) is 1.35. The third-order valence-corrected chi connectivity index (χ3v) is 1.91. The van der Waals surface area contributed by atoms with Crippen molar-refractivity contribution in [3.63, 3.8) is 0 Å². The van der Waals surface area contributed by atoms with Gasteiger partial charge in [0.25, 0.3) is 0 Å². The maximum Gasteiger partial charge on any atom is 0.0760 e. The molecule has 1 aliphatic heterocycles. The van der Waals surface area contributed by atoms with E-state index in [2.05, 4.69) is 31.8 Å². The van der Waals surface area contributed by atoms with Crippen LogP contribution in [0.15, 0.2) is 28.8 Å². The number of hydrogen-bond donors (Lipinski definition) is 0. The Bertz CT molecular complexity index is 207. The fourth-order valence-electron chi connectivity index (χ4n) is 0.785. The molecule has 0 N–H and O–H groups in total. The van der Waals surface area contributed by atoms with Crippen LogP contribution in [0, 0.1) is 0 Å². The lowest BCUT2D eigenvalue weighted by molar-refractivity contribution is 0.619. The summed E-state index contributed by atoms with van der Waals surface area (Å²) in [5.41, 5.74) is 1.29. The van der Waals surface area contributed by atoms with Crippen molar-refractivity contribution in [1.82, 2.24) is 0 Å². The third-order valence-electron chi connectivity index (χ3n) is 1.91. The molecule has 1 aliphatic rings. The molecule has 0 unspecified atom stereocenters. The molecule has 1 nitrogen and oxygen atoms in total. The molecule has 1 rings (SSSR count). The van der Waals surface area contributed by atoms with Gasteiger partial charge in [0, 0.05) is 6.21 Å². The monoisotopic (exact) mass is 135 g/mol. The van der Waals surface area contributed by atoms with Crippen LogP contribution in [0.4, 0.5) is 0 Å². The fraction of sp³-hybridized carbons (Fsp3) is 0.444. The molecule has 10 heavy (non-hydrogen) atoms. The Morgan fingerprint density at radius 2 is 2.00 bits per heavy atom. The first kappa shape index (κ1) is 7.26. The van der Waals surface area contributed by atoms with E-state index in [0.717, 1.165) is 0 Å². The maximum absolute atomic E-state index is 4.36. The number of nitrogens with zero attached hydrogens (tertiary/aromatic N) is 1. The molecule has 0 fully saturated rings. The minimum atomic E-state index is -0.0104. The van der Waals surface area contributed by atoms with Crippen molar-refractivity contribution in [2.24, 2.45) is 4.99 Å². The van der Waals surface area contributed by atoms with E-state index in [0.29, 0.717) is 0 Å². The molecule has 0 bridgehead atoms. The van der Waals surface area contributed by atoms with E-state index in [-0.39, 0.29) is 5.54 Å². The molecule has 0 aromatic heterocycles. The molecular formula is C9H13N. The van der Waals surface area contributed by atoms with Gasteiger partial charge in [0.05, 0.1) is 5.54 Å². The SMILES string of the molecule is CC1=CC=CC=NC1(C)C. The Hall–Kier alpha value is -0.850. The van der Waals surface area contributed by atoms with Crippen molar-refractivity contribution in [1.29, 1.82) is 0 Å². The summed E-state index contributed by atoms with van der Waals surface area (Å²) in [6.07, 6.45) is 7.94. The second-order valence-corrected chi connectivity index (χ2v) is 3.07. The highest BCUT2D eigenvalue weighted by atomic mass is 14.8. The molecule has 1 heteroatoms. The highest BCUT2D eigenvalue weighted by molar-refractivity contribution is 5.73. The molecule has 0 aromatic carbocycles. The van der Waals surface area contributed by atoms with Crippen LogP contribution >= 0.6 is 0 Å².